The number of halogens is 2. The monoisotopic (exact) mass is 432 g/mol. The second-order valence-corrected chi connectivity index (χ2v) is 7.65. The highest BCUT2D eigenvalue weighted by atomic mass is 79.9. The minimum absolute atomic E-state index is 0.0807. The van der Waals surface area contributed by atoms with Gasteiger partial charge in [-0.1, -0.05) is 22.9 Å². The molecule has 2 unspecified atom stereocenters. The maximum Gasteiger partial charge on any atom is 0.261 e. The molecule has 0 radical (unpaired) electrons. The molecule has 1 aromatic carbocycles. The van der Waals surface area contributed by atoms with Crippen molar-refractivity contribution in [2.75, 3.05) is 11.9 Å². The summed E-state index contributed by atoms with van der Waals surface area (Å²) in [5, 5.41) is 2.37. The van der Waals surface area contributed by atoms with E-state index in [9.17, 15) is 18.8 Å². The molecule has 0 bridgehead atoms. The van der Waals surface area contributed by atoms with Crippen molar-refractivity contribution in [2.45, 2.75) is 18.8 Å². The van der Waals surface area contributed by atoms with Crippen LogP contribution in [-0.4, -0.2) is 39.1 Å². The molecule has 7 nitrogen and oxygen atoms in total. The molecule has 2 heterocycles. The maximum atomic E-state index is 13.1. The van der Waals surface area contributed by atoms with Crippen LogP contribution in [0.2, 0.25) is 0 Å². The molecule has 4 rings (SSSR count). The smallest absolute Gasteiger partial charge is 0.261 e. The first kappa shape index (κ1) is 17.7. The first-order valence-electron chi connectivity index (χ1n) is 8.26. The Morgan fingerprint density at radius 1 is 1.37 bits per heavy atom. The predicted octanol–water partition coefficient (Wildman–Crippen LogP) is 2.28. The Kier molecular flexibility index (Phi) is 4.06. The van der Waals surface area contributed by atoms with E-state index in [1.807, 2.05) is 6.92 Å². The lowest BCUT2D eigenvalue weighted by Gasteiger charge is -2.33. The zero-order valence-electron chi connectivity index (χ0n) is 14.2. The third-order valence-electron chi connectivity index (χ3n) is 5.05. The predicted molar refractivity (Wildman–Crippen MR) is 96.3 cm³/mol. The zero-order valence-corrected chi connectivity index (χ0v) is 15.8. The van der Waals surface area contributed by atoms with E-state index in [1.54, 1.807) is 18.2 Å². The Balaban J connectivity index is 1.61. The standard InChI is InChI=1S/C18H14BrFN4O3/c1-9-5-18(9)13-4-10(19)2-3-12(13)15(26)24(16(18)27)8-14(25)23-17-21-6-11(20)7-22-17/h2-4,6-7,9H,5,8H2,1H3,(H,21,22,23,25). The van der Waals surface area contributed by atoms with Gasteiger partial charge in [0.2, 0.25) is 17.8 Å². The van der Waals surface area contributed by atoms with Gasteiger partial charge < -0.3 is 0 Å². The van der Waals surface area contributed by atoms with Gasteiger partial charge in [0.25, 0.3) is 5.91 Å². The molecule has 2 aromatic rings. The van der Waals surface area contributed by atoms with Gasteiger partial charge in [-0.25, -0.2) is 14.4 Å². The number of nitrogens with zero attached hydrogens (tertiary/aromatic N) is 3. The molecule has 1 saturated carbocycles. The fraction of sp³-hybridized carbons (Fsp3) is 0.278. The van der Waals surface area contributed by atoms with Crippen molar-refractivity contribution in [3.8, 4) is 0 Å². The maximum absolute atomic E-state index is 13.1. The number of aromatic nitrogens is 2. The van der Waals surface area contributed by atoms with E-state index in [4.69, 9.17) is 0 Å². The van der Waals surface area contributed by atoms with Crippen LogP contribution >= 0.6 is 15.9 Å². The van der Waals surface area contributed by atoms with Crippen LogP contribution < -0.4 is 5.32 Å². The van der Waals surface area contributed by atoms with Gasteiger partial charge in [-0.15, -0.1) is 0 Å². The normalized spacial score (nSPS) is 23.4. The highest BCUT2D eigenvalue weighted by molar-refractivity contribution is 9.10. The van der Waals surface area contributed by atoms with E-state index in [0.29, 0.717) is 17.5 Å². The van der Waals surface area contributed by atoms with Crippen LogP contribution in [-0.2, 0) is 15.0 Å². The lowest BCUT2D eigenvalue weighted by atomic mass is 9.84. The molecule has 27 heavy (non-hydrogen) atoms. The first-order chi connectivity index (χ1) is 12.8. The van der Waals surface area contributed by atoms with Gasteiger partial charge in [0, 0.05) is 10.0 Å². The molecule has 2 aliphatic rings. The van der Waals surface area contributed by atoms with Gasteiger partial charge in [0.15, 0.2) is 5.82 Å². The molecule has 138 valence electrons. The first-order valence-corrected chi connectivity index (χ1v) is 9.06. The number of imide groups is 1. The van der Waals surface area contributed by atoms with Crippen molar-refractivity contribution >= 4 is 39.6 Å². The Labute approximate surface area is 162 Å². The highest BCUT2D eigenvalue weighted by Gasteiger charge is 2.64. The third kappa shape index (κ3) is 2.82. The van der Waals surface area contributed by atoms with E-state index in [1.165, 1.54) is 0 Å². The number of hydrogen-bond acceptors (Lipinski definition) is 5. The summed E-state index contributed by atoms with van der Waals surface area (Å²) in [5.41, 5.74) is 0.366. The van der Waals surface area contributed by atoms with Gasteiger partial charge in [-0.3, -0.25) is 24.6 Å². The SMILES string of the molecule is CC1CC12C(=O)N(CC(=O)Nc1ncc(F)cn1)C(=O)c1ccc(Br)cc12. The summed E-state index contributed by atoms with van der Waals surface area (Å²) in [7, 11) is 0. The topological polar surface area (TPSA) is 92.3 Å². The van der Waals surface area contributed by atoms with Crippen LogP contribution in [0, 0.1) is 11.7 Å². The fourth-order valence-electron chi connectivity index (χ4n) is 3.59. The molecular formula is C18H14BrFN4O3. The molecule has 1 aliphatic carbocycles. The summed E-state index contributed by atoms with van der Waals surface area (Å²) in [6.45, 7) is 1.49. The lowest BCUT2D eigenvalue weighted by Crippen LogP contribution is -2.51. The molecule has 3 amide bonds. The summed E-state index contributed by atoms with van der Waals surface area (Å²) in [6.07, 6.45) is 2.45. The average molecular weight is 433 g/mol. The average Bonchev–Trinajstić information content (AvgIpc) is 3.31. The second-order valence-electron chi connectivity index (χ2n) is 6.74. The second kappa shape index (κ2) is 6.19. The van der Waals surface area contributed by atoms with Crippen molar-refractivity contribution < 1.29 is 18.8 Å². The van der Waals surface area contributed by atoms with Crippen molar-refractivity contribution in [3.05, 3.63) is 52.0 Å². The highest BCUT2D eigenvalue weighted by Crippen LogP contribution is 2.58. The number of anilines is 1. The van der Waals surface area contributed by atoms with Crippen LogP contribution in [0.5, 0.6) is 0 Å². The molecule has 0 saturated heterocycles. The van der Waals surface area contributed by atoms with Crippen LogP contribution in [0.1, 0.15) is 29.3 Å². The van der Waals surface area contributed by atoms with Crippen LogP contribution in [0.4, 0.5) is 10.3 Å². The number of fused-ring (bicyclic) bond motifs is 2. The largest absolute Gasteiger partial charge is 0.293 e. The minimum atomic E-state index is -0.764. The molecule has 1 N–H and O–H groups in total. The number of rotatable bonds is 3. The molecule has 1 aromatic heterocycles. The third-order valence-corrected chi connectivity index (χ3v) is 5.54. The Hall–Kier alpha value is -2.68. The van der Waals surface area contributed by atoms with E-state index in [2.05, 4.69) is 31.2 Å². The van der Waals surface area contributed by atoms with Crippen molar-refractivity contribution in [1.82, 2.24) is 14.9 Å². The van der Waals surface area contributed by atoms with Crippen molar-refractivity contribution in [2.24, 2.45) is 5.92 Å². The molecular weight excluding hydrogens is 419 g/mol. The van der Waals surface area contributed by atoms with Gasteiger partial charge in [0.1, 0.15) is 6.54 Å². The van der Waals surface area contributed by atoms with Gasteiger partial charge in [-0.2, -0.15) is 0 Å². The van der Waals surface area contributed by atoms with Crippen molar-refractivity contribution in [1.29, 1.82) is 0 Å². The van der Waals surface area contributed by atoms with Gasteiger partial charge >= 0.3 is 0 Å². The summed E-state index contributed by atoms with van der Waals surface area (Å²) >= 11 is 3.39. The quantitative estimate of drug-likeness (QED) is 0.750. The number of hydrogen-bond donors (Lipinski definition) is 1. The van der Waals surface area contributed by atoms with Gasteiger partial charge in [-0.05, 0) is 36.1 Å². The van der Waals surface area contributed by atoms with Crippen LogP contribution in [0.15, 0.2) is 35.1 Å². The van der Waals surface area contributed by atoms with Gasteiger partial charge in [0.05, 0.1) is 17.8 Å². The number of carbonyl (C=O) groups excluding carboxylic acids is 3. The summed E-state index contributed by atoms with van der Waals surface area (Å²) in [5.74, 6) is -2.17. The number of carbonyl (C=O) groups is 3. The lowest BCUT2D eigenvalue weighted by molar-refractivity contribution is -0.135. The molecule has 1 fully saturated rings. The Morgan fingerprint density at radius 3 is 2.67 bits per heavy atom. The van der Waals surface area contributed by atoms with E-state index in [0.717, 1.165) is 21.8 Å². The molecule has 9 heteroatoms. The molecule has 1 aliphatic heterocycles. The van der Waals surface area contributed by atoms with Crippen LogP contribution in [0.25, 0.3) is 0 Å². The summed E-state index contributed by atoms with van der Waals surface area (Å²) < 4.78 is 13.7. The van der Waals surface area contributed by atoms with E-state index in [-0.39, 0.29) is 17.8 Å². The van der Waals surface area contributed by atoms with E-state index < -0.39 is 29.6 Å². The Morgan fingerprint density at radius 2 is 2.04 bits per heavy atom. The number of nitrogens with one attached hydrogen (secondary N) is 1. The number of amides is 3. The fourth-order valence-corrected chi connectivity index (χ4v) is 3.95. The summed E-state index contributed by atoms with van der Waals surface area (Å²) in [4.78, 5) is 46.4. The minimum Gasteiger partial charge on any atom is -0.293 e. The van der Waals surface area contributed by atoms with Crippen LogP contribution in [0.3, 0.4) is 0 Å². The van der Waals surface area contributed by atoms with E-state index >= 15 is 0 Å². The molecule has 2 atom stereocenters. The molecule has 1 spiro atoms. The summed E-state index contributed by atoms with van der Waals surface area (Å²) in [6, 6.07) is 5.20. The zero-order chi connectivity index (χ0) is 19.3. The van der Waals surface area contributed by atoms with Crippen molar-refractivity contribution in [3.63, 3.8) is 0 Å². The number of benzene rings is 1. The Bertz CT molecular complexity index is 981.